The Balaban J connectivity index is 1.20. The third kappa shape index (κ3) is 6.04. The van der Waals surface area contributed by atoms with Crippen molar-refractivity contribution in [3.05, 3.63) is 63.9 Å². The maximum absolute atomic E-state index is 12.4. The maximum atomic E-state index is 12.4. The molecular formula is C22H23BrClN7O3. The van der Waals surface area contributed by atoms with E-state index in [9.17, 15) is 9.59 Å². The zero-order valence-corrected chi connectivity index (χ0v) is 20.5. The van der Waals surface area contributed by atoms with Gasteiger partial charge in [-0.25, -0.2) is 4.79 Å². The number of carbonyl (C=O) groups excluding carboxylic acids is 2. The van der Waals surface area contributed by atoms with E-state index in [0.717, 1.165) is 26.2 Å². The van der Waals surface area contributed by atoms with Crippen LogP contribution >= 0.6 is 27.5 Å². The second-order valence-corrected chi connectivity index (χ2v) is 8.70. The molecule has 34 heavy (non-hydrogen) atoms. The highest BCUT2D eigenvalue weighted by Crippen LogP contribution is 2.30. The topological polar surface area (TPSA) is 115 Å². The van der Waals surface area contributed by atoms with Crippen LogP contribution in [-0.2, 0) is 0 Å². The second-order valence-electron chi connectivity index (χ2n) is 7.50. The van der Waals surface area contributed by atoms with Crippen LogP contribution in [0.15, 0.2) is 53.3 Å². The number of halogens is 2. The maximum Gasteiger partial charge on any atom is 0.414 e. The summed E-state index contributed by atoms with van der Waals surface area (Å²) in [5.74, 6) is -0.160. The van der Waals surface area contributed by atoms with Gasteiger partial charge >= 0.3 is 6.09 Å². The van der Waals surface area contributed by atoms with E-state index in [1.807, 2.05) is 12.1 Å². The number of ether oxygens (including phenoxy) is 1. The molecule has 3 aromatic rings. The van der Waals surface area contributed by atoms with Crippen molar-refractivity contribution in [3.63, 3.8) is 0 Å². The smallest absolute Gasteiger partial charge is 0.388 e. The molecule has 1 saturated heterocycles. The van der Waals surface area contributed by atoms with Crippen molar-refractivity contribution in [3.8, 4) is 5.88 Å². The predicted molar refractivity (Wildman–Crippen MR) is 133 cm³/mol. The minimum atomic E-state index is -0.633. The second kappa shape index (κ2) is 11.3. The van der Waals surface area contributed by atoms with Gasteiger partial charge in [0.25, 0.3) is 11.8 Å². The van der Waals surface area contributed by atoms with Crippen molar-refractivity contribution in [2.24, 2.45) is 0 Å². The third-order valence-corrected chi connectivity index (χ3v) is 6.39. The summed E-state index contributed by atoms with van der Waals surface area (Å²) in [7, 11) is 0. The van der Waals surface area contributed by atoms with Crippen LogP contribution in [0.25, 0.3) is 0 Å². The molecule has 10 nitrogen and oxygen atoms in total. The van der Waals surface area contributed by atoms with Gasteiger partial charge in [-0.1, -0.05) is 23.7 Å². The molecule has 0 saturated carbocycles. The molecule has 12 heteroatoms. The summed E-state index contributed by atoms with van der Waals surface area (Å²) in [4.78, 5) is 33.3. The van der Waals surface area contributed by atoms with Crippen LogP contribution < -0.4 is 20.3 Å². The summed E-state index contributed by atoms with van der Waals surface area (Å²) < 4.78 is 5.57. The van der Waals surface area contributed by atoms with E-state index in [-0.39, 0.29) is 11.7 Å². The van der Waals surface area contributed by atoms with Crippen LogP contribution in [0.3, 0.4) is 0 Å². The lowest BCUT2D eigenvalue weighted by atomic mass is 10.2. The van der Waals surface area contributed by atoms with E-state index in [2.05, 4.69) is 51.5 Å². The number of hydrogen-bond acceptors (Lipinski definition) is 7. The molecule has 1 aliphatic rings. The summed E-state index contributed by atoms with van der Waals surface area (Å²) in [6.07, 6.45) is 2.96. The number of aromatic amines is 1. The number of nitrogens with one attached hydrogen (secondary N) is 3. The van der Waals surface area contributed by atoms with Gasteiger partial charge in [0.2, 0.25) is 0 Å². The van der Waals surface area contributed by atoms with Gasteiger partial charge in [-0.2, -0.15) is 0 Å². The highest BCUT2D eigenvalue weighted by atomic mass is 79.9. The van der Waals surface area contributed by atoms with Crippen molar-refractivity contribution in [2.45, 2.75) is 0 Å². The average molecular weight is 549 g/mol. The number of amides is 2. The SMILES string of the molecule is O=C(NCCN1CCN(c2ccncc2)CC1)Oc1n[nH]c(NC(=O)c2ccccc2Cl)c1Br. The Morgan fingerprint density at radius 3 is 2.59 bits per heavy atom. The van der Waals surface area contributed by atoms with Gasteiger partial charge in [-0.15, -0.1) is 5.10 Å². The number of benzene rings is 1. The molecule has 4 rings (SSSR count). The molecule has 1 aromatic carbocycles. The summed E-state index contributed by atoms with van der Waals surface area (Å²) >= 11 is 9.35. The molecule has 2 amide bonds. The Morgan fingerprint density at radius 1 is 1.12 bits per heavy atom. The average Bonchev–Trinajstić information content (AvgIpc) is 3.19. The molecule has 0 spiro atoms. The molecule has 0 aliphatic carbocycles. The van der Waals surface area contributed by atoms with Crippen molar-refractivity contribution in [1.82, 2.24) is 25.4 Å². The molecule has 0 bridgehead atoms. The molecule has 3 N–H and O–H groups in total. The lowest BCUT2D eigenvalue weighted by Crippen LogP contribution is -2.48. The quantitative estimate of drug-likeness (QED) is 0.415. The Morgan fingerprint density at radius 2 is 1.85 bits per heavy atom. The van der Waals surface area contributed by atoms with Gasteiger partial charge in [0.15, 0.2) is 0 Å². The van der Waals surface area contributed by atoms with Crippen molar-refractivity contribution in [2.75, 3.05) is 49.5 Å². The van der Waals surface area contributed by atoms with Crippen molar-refractivity contribution < 1.29 is 14.3 Å². The minimum Gasteiger partial charge on any atom is -0.388 e. The molecule has 0 radical (unpaired) electrons. The third-order valence-electron chi connectivity index (χ3n) is 5.32. The Kier molecular flexibility index (Phi) is 7.99. The fraction of sp³-hybridized carbons (Fsp3) is 0.273. The fourth-order valence-corrected chi connectivity index (χ4v) is 4.09. The van der Waals surface area contributed by atoms with Gasteiger partial charge in [-0.05, 0) is 40.2 Å². The molecule has 1 fully saturated rings. The number of H-pyrrole nitrogens is 1. The number of anilines is 2. The van der Waals surface area contributed by atoms with Gasteiger partial charge in [0.1, 0.15) is 10.3 Å². The van der Waals surface area contributed by atoms with E-state index in [0.29, 0.717) is 28.1 Å². The number of pyridine rings is 1. The van der Waals surface area contributed by atoms with E-state index in [4.69, 9.17) is 16.3 Å². The van der Waals surface area contributed by atoms with Crippen LogP contribution in [-0.4, -0.2) is 71.4 Å². The largest absolute Gasteiger partial charge is 0.414 e. The van der Waals surface area contributed by atoms with Crippen LogP contribution in [0.4, 0.5) is 16.3 Å². The highest BCUT2D eigenvalue weighted by Gasteiger charge is 2.20. The highest BCUT2D eigenvalue weighted by molar-refractivity contribution is 9.10. The fourth-order valence-electron chi connectivity index (χ4n) is 3.51. The molecule has 2 aromatic heterocycles. The zero-order valence-electron chi connectivity index (χ0n) is 18.1. The predicted octanol–water partition coefficient (Wildman–Crippen LogP) is 3.38. The first-order valence-electron chi connectivity index (χ1n) is 10.6. The van der Waals surface area contributed by atoms with E-state index in [1.165, 1.54) is 5.69 Å². The number of carbonyl (C=O) groups is 2. The zero-order chi connectivity index (χ0) is 23.9. The minimum absolute atomic E-state index is 0.0120. The lowest BCUT2D eigenvalue weighted by molar-refractivity contribution is 0.102. The number of hydrogen-bond donors (Lipinski definition) is 3. The molecular weight excluding hydrogens is 526 g/mol. The van der Waals surface area contributed by atoms with Crippen LogP contribution in [0.1, 0.15) is 10.4 Å². The first-order valence-corrected chi connectivity index (χ1v) is 11.8. The van der Waals surface area contributed by atoms with Crippen LogP contribution in [0.2, 0.25) is 5.02 Å². The van der Waals surface area contributed by atoms with Crippen LogP contribution in [0.5, 0.6) is 5.88 Å². The molecule has 1 aliphatic heterocycles. The van der Waals surface area contributed by atoms with Crippen molar-refractivity contribution >= 4 is 51.0 Å². The molecule has 0 unspecified atom stereocenters. The molecule has 178 valence electrons. The molecule has 3 heterocycles. The van der Waals surface area contributed by atoms with E-state index in [1.54, 1.807) is 36.7 Å². The summed E-state index contributed by atoms with van der Waals surface area (Å²) in [5.41, 5.74) is 1.48. The van der Waals surface area contributed by atoms with Gasteiger partial charge < -0.3 is 20.3 Å². The summed E-state index contributed by atoms with van der Waals surface area (Å²) in [5, 5.41) is 12.3. The Bertz CT molecular complexity index is 1140. The van der Waals surface area contributed by atoms with E-state index < -0.39 is 12.0 Å². The van der Waals surface area contributed by atoms with Crippen LogP contribution in [0, 0.1) is 0 Å². The first kappa shape index (κ1) is 24.0. The first-order chi connectivity index (χ1) is 16.5. The van der Waals surface area contributed by atoms with Gasteiger partial charge in [0.05, 0.1) is 10.6 Å². The van der Waals surface area contributed by atoms with Crippen molar-refractivity contribution in [1.29, 1.82) is 0 Å². The standard InChI is InChI=1S/C22H23BrClN7O3/c23-18-19(27-20(32)16-3-1-2-4-17(16)24)28-29-21(18)34-22(33)26-9-10-30-11-13-31(14-12-30)15-5-7-25-8-6-15/h1-8H,9-14H2,(H,26,33)(H2,27,28,29,32). The number of aromatic nitrogens is 3. The van der Waals surface area contributed by atoms with Gasteiger partial charge in [0, 0.05) is 57.3 Å². The summed E-state index contributed by atoms with van der Waals surface area (Å²) in [6.45, 7) is 4.78. The number of rotatable bonds is 7. The number of piperazine rings is 1. The monoisotopic (exact) mass is 547 g/mol. The molecule has 0 atom stereocenters. The summed E-state index contributed by atoms with van der Waals surface area (Å²) in [6, 6.07) is 10.7. The Labute approximate surface area is 209 Å². The van der Waals surface area contributed by atoms with Gasteiger partial charge in [-0.3, -0.25) is 19.8 Å². The lowest BCUT2D eigenvalue weighted by Gasteiger charge is -2.36. The van der Waals surface area contributed by atoms with E-state index >= 15 is 0 Å². The number of nitrogens with zero attached hydrogens (tertiary/aromatic N) is 4. The normalized spacial score (nSPS) is 14.0. The Hall–Kier alpha value is -3.15.